The van der Waals surface area contributed by atoms with E-state index in [-0.39, 0.29) is 44.3 Å². The molecule has 0 aromatic carbocycles. The summed E-state index contributed by atoms with van der Waals surface area (Å²) in [5, 5.41) is 30.3. The van der Waals surface area contributed by atoms with Crippen molar-refractivity contribution in [2.24, 2.45) is 17.4 Å². The van der Waals surface area contributed by atoms with Crippen LogP contribution in [0.5, 0.6) is 0 Å². The molecular formula is C16H32BN5O7S. The number of nitrogens with two attached hydrogens (primary N) is 2. The highest BCUT2D eigenvalue weighted by molar-refractivity contribution is 7.86. The Bertz CT molecular complexity index is 752. The van der Waals surface area contributed by atoms with Crippen molar-refractivity contribution in [3.63, 3.8) is 0 Å². The molecule has 1 heterocycles. The molecule has 0 spiro atoms. The van der Waals surface area contributed by atoms with Crippen molar-refractivity contribution in [1.82, 2.24) is 13.9 Å². The average Bonchev–Trinajstić information content (AvgIpc) is 3.27. The summed E-state index contributed by atoms with van der Waals surface area (Å²) in [6.45, 7) is 2.90. The Labute approximate surface area is 176 Å². The lowest BCUT2D eigenvalue weighted by Gasteiger charge is -2.27. The molecular weight excluding hydrogens is 417 g/mol. The highest BCUT2D eigenvalue weighted by atomic mass is 32.2. The summed E-state index contributed by atoms with van der Waals surface area (Å²) in [6, 6.07) is -1.48. The highest BCUT2D eigenvalue weighted by Crippen LogP contribution is 2.36. The second kappa shape index (κ2) is 9.46. The van der Waals surface area contributed by atoms with E-state index in [1.54, 1.807) is 6.92 Å². The summed E-state index contributed by atoms with van der Waals surface area (Å²) in [5.41, 5.74) is 9.86. The van der Waals surface area contributed by atoms with E-state index in [9.17, 15) is 23.1 Å². The van der Waals surface area contributed by atoms with Crippen LogP contribution in [0.4, 0.5) is 0 Å². The fourth-order valence-corrected chi connectivity index (χ4v) is 5.84. The second-order valence-corrected chi connectivity index (χ2v) is 10.0. The molecule has 172 valence electrons. The summed E-state index contributed by atoms with van der Waals surface area (Å²) in [7, 11) is -5.53. The lowest BCUT2D eigenvalue weighted by molar-refractivity contribution is -0.144. The van der Waals surface area contributed by atoms with Crippen LogP contribution in [0.15, 0.2) is 0 Å². The average molecular weight is 449 g/mol. The van der Waals surface area contributed by atoms with Gasteiger partial charge in [0.05, 0.1) is 6.04 Å². The number of nitrogens with one attached hydrogen (secondary N) is 1. The van der Waals surface area contributed by atoms with E-state index in [1.165, 1.54) is 11.2 Å². The van der Waals surface area contributed by atoms with Crippen molar-refractivity contribution in [1.29, 1.82) is 0 Å². The van der Waals surface area contributed by atoms with Gasteiger partial charge in [-0.2, -0.15) is 17.0 Å². The van der Waals surface area contributed by atoms with Crippen molar-refractivity contribution < 1.29 is 33.2 Å². The number of rotatable bonds is 11. The quantitative estimate of drug-likeness (QED) is 0.179. The van der Waals surface area contributed by atoms with E-state index in [1.807, 2.05) is 0 Å². The van der Waals surface area contributed by atoms with Crippen LogP contribution in [0.1, 0.15) is 33.1 Å². The molecule has 1 amide bonds. The lowest BCUT2D eigenvalue weighted by atomic mass is 9.78. The number of hydrogen-bond acceptors (Lipinski definition) is 8. The van der Waals surface area contributed by atoms with Crippen LogP contribution >= 0.6 is 0 Å². The van der Waals surface area contributed by atoms with E-state index < -0.39 is 46.8 Å². The van der Waals surface area contributed by atoms with Crippen molar-refractivity contribution in [3.05, 3.63) is 0 Å². The van der Waals surface area contributed by atoms with Gasteiger partial charge in [-0.1, -0.05) is 13.3 Å². The Kier molecular flexibility index (Phi) is 7.88. The van der Waals surface area contributed by atoms with Gasteiger partial charge in [-0.3, -0.25) is 9.59 Å². The largest absolute Gasteiger partial charge is 0.480 e. The lowest BCUT2D eigenvalue weighted by Crippen LogP contribution is -2.55. The van der Waals surface area contributed by atoms with Gasteiger partial charge in [-0.25, -0.2) is 0 Å². The van der Waals surface area contributed by atoms with E-state index in [2.05, 4.69) is 5.32 Å². The fourth-order valence-electron chi connectivity index (χ4n) is 3.89. The first-order valence-corrected chi connectivity index (χ1v) is 11.5. The number of nitrogens with zero attached hydrogens (tertiary/aromatic N) is 2. The molecule has 1 saturated heterocycles. The molecule has 14 heteroatoms. The third kappa shape index (κ3) is 5.30. The Morgan fingerprint density at radius 3 is 2.53 bits per heavy atom. The van der Waals surface area contributed by atoms with Crippen LogP contribution in [-0.4, -0.2) is 94.5 Å². The maximum absolute atomic E-state index is 13.2. The van der Waals surface area contributed by atoms with Gasteiger partial charge in [0.2, 0.25) is 5.91 Å². The number of likely N-dealkylation sites (N-methyl/N-ethyl adjacent to an activating group) is 1. The Morgan fingerprint density at radius 2 is 2.03 bits per heavy atom. The van der Waals surface area contributed by atoms with Crippen molar-refractivity contribution in [3.8, 4) is 0 Å². The molecule has 0 aromatic rings. The number of amides is 1. The number of aliphatic carboxylic acids is 1. The zero-order chi connectivity index (χ0) is 22.9. The van der Waals surface area contributed by atoms with Crippen LogP contribution in [0.2, 0.25) is 6.32 Å². The van der Waals surface area contributed by atoms with Crippen molar-refractivity contribution in [2.45, 2.75) is 63.1 Å². The Hall–Kier alpha value is -1.29. The van der Waals surface area contributed by atoms with E-state index in [0.717, 1.165) is 4.31 Å². The molecule has 5 atom stereocenters. The number of carboxylic acid groups (broad SMARTS) is 1. The van der Waals surface area contributed by atoms with Crippen molar-refractivity contribution in [2.75, 3.05) is 19.6 Å². The fraction of sp³-hybridized carbons (Fsp3) is 0.875. The summed E-state index contributed by atoms with van der Waals surface area (Å²) in [4.78, 5) is 23.6. The number of carbonyl (C=O) groups excluding carboxylic acids is 1. The van der Waals surface area contributed by atoms with Gasteiger partial charge >= 0.3 is 13.1 Å². The molecule has 2 rings (SSSR count). The first-order valence-electron chi connectivity index (χ1n) is 10.1. The third-order valence-corrected chi connectivity index (χ3v) is 7.86. The number of hydrogen-bond donors (Lipinski definition) is 6. The monoisotopic (exact) mass is 449 g/mol. The summed E-state index contributed by atoms with van der Waals surface area (Å²) in [5.74, 6) is -2.34. The standard InChI is InChI=1S/C16H32BN5O7S/c1-3-22(13-7-12(13)20-14(23)10(2)18)30(28,29)21-8-11(5-4-6-17(26)27)16(19,9-21)15(24)25/h10-13,26-27H,3-9,18-19H2,1-2H3,(H,20,23)(H,24,25)/t10-,11-,12+,13?,16-/m0/s1. The van der Waals surface area contributed by atoms with E-state index in [4.69, 9.17) is 21.5 Å². The van der Waals surface area contributed by atoms with Crippen LogP contribution in [0, 0.1) is 5.92 Å². The van der Waals surface area contributed by atoms with Crippen molar-refractivity contribution >= 4 is 29.2 Å². The molecule has 0 bridgehead atoms. The zero-order valence-electron chi connectivity index (χ0n) is 17.3. The first-order chi connectivity index (χ1) is 13.8. The van der Waals surface area contributed by atoms with E-state index >= 15 is 0 Å². The maximum atomic E-state index is 13.2. The molecule has 8 N–H and O–H groups in total. The highest BCUT2D eigenvalue weighted by Gasteiger charge is 2.55. The van der Waals surface area contributed by atoms with Gasteiger partial charge < -0.3 is 31.9 Å². The molecule has 1 aliphatic heterocycles. The molecule has 0 aromatic heterocycles. The normalized spacial score (nSPS) is 30.3. The Balaban J connectivity index is 2.12. The summed E-state index contributed by atoms with van der Waals surface area (Å²) >= 11 is 0. The number of carboxylic acids is 1. The zero-order valence-corrected chi connectivity index (χ0v) is 18.1. The Morgan fingerprint density at radius 1 is 1.40 bits per heavy atom. The van der Waals surface area contributed by atoms with Gasteiger partial charge in [0.15, 0.2) is 0 Å². The number of carbonyl (C=O) groups is 2. The minimum absolute atomic E-state index is 0.0447. The van der Waals surface area contributed by atoms with E-state index in [0.29, 0.717) is 12.8 Å². The molecule has 1 unspecified atom stereocenters. The maximum Gasteiger partial charge on any atom is 0.451 e. The molecule has 2 aliphatic rings. The van der Waals surface area contributed by atoms with Crippen LogP contribution in [0.3, 0.4) is 0 Å². The topological polar surface area (TPSA) is 200 Å². The summed E-state index contributed by atoms with van der Waals surface area (Å²) in [6.07, 6.45) is 1.04. The van der Waals surface area contributed by atoms with Gasteiger partial charge in [0.1, 0.15) is 5.54 Å². The third-order valence-electron chi connectivity index (χ3n) is 5.81. The van der Waals surface area contributed by atoms with Gasteiger partial charge in [-0.15, -0.1) is 0 Å². The minimum Gasteiger partial charge on any atom is -0.480 e. The summed E-state index contributed by atoms with van der Waals surface area (Å²) < 4.78 is 28.8. The molecule has 1 saturated carbocycles. The van der Waals surface area contributed by atoms with Crippen LogP contribution < -0.4 is 16.8 Å². The molecule has 2 fully saturated rings. The predicted molar refractivity (Wildman–Crippen MR) is 109 cm³/mol. The van der Waals surface area contributed by atoms with Gasteiger partial charge in [0, 0.05) is 37.6 Å². The molecule has 30 heavy (non-hydrogen) atoms. The first kappa shape index (κ1) is 25.0. The molecule has 12 nitrogen and oxygen atoms in total. The molecule has 1 aliphatic carbocycles. The minimum atomic E-state index is -4.01. The van der Waals surface area contributed by atoms with Gasteiger partial charge in [-0.05, 0) is 26.1 Å². The smallest absolute Gasteiger partial charge is 0.451 e. The predicted octanol–water partition coefficient (Wildman–Crippen LogP) is -2.88. The van der Waals surface area contributed by atoms with Crippen LogP contribution in [-0.2, 0) is 19.8 Å². The van der Waals surface area contributed by atoms with Gasteiger partial charge in [0.25, 0.3) is 10.2 Å². The SMILES string of the molecule is CCN(C1C[C@H]1NC(=O)[C@H](C)N)S(=O)(=O)N1C[C@H](CCCB(O)O)[C@](N)(C(=O)O)C1. The second-order valence-electron chi connectivity index (χ2n) is 8.16. The van der Waals surface area contributed by atoms with Crippen LogP contribution in [0.25, 0.3) is 0 Å². The molecule has 0 radical (unpaired) electrons.